The van der Waals surface area contributed by atoms with E-state index in [2.05, 4.69) is 0 Å². The largest absolute Gasteiger partial charge is 0.294 e. The second kappa shape index (κ2) is 3.62. The molecule has 0 aromatic heterocycles. The molecule has 0 aliphatic rings. The third-order valence-electron chi connectivity index (χ3n) is 2.41. The highest BCUT2D eigenvalue weighted by molar-refractivity contribution is 6.07. The van der Waals surface area contributed by atoms with Crippen molar-refractivity contribution in [3.8, 4) is 0 Å². The first-order valence-corrected chi connectivity index (χ1v) is 4.84. The molecular weight excluding hydrogens is 172 g/mol. The molecular formula is C13H12O. The summed E-state index contributed by atoms with van der Waals surface area (Å²) < 4.78 is 0. The molecule has 14 heavy (non-hydrogen) atoms. The monoisotopic (exact) mass is 184 g/mol. The highest BCUT2D eigenvalue weighted by atomic mass is 16.1. The lowest BCUT2D eigenvalue weighted by Gasteiger charge is -2.03. The Morgan fingerprint density at radius 2 is 1.79 bits per heavy atom. The van der Waals surface area contributed by atoms with Crippen LogP contribution in [0.5, 0.6) is 0 Å². The first kappa shape index (κ1) is 8.95. The molecule has 0 aliphatic heterocycles. The molecule has 0 unspecified atom stereocenters. The minimum Gasteiger partial charge on any atom is -0.294 e. The van der Waals surface area contributed by atoms with E-state index in [1.165, 1.54) is 0 Å². The summed E-state index contributed by atoms with van der Waals surface area (Å²) >= 11 is 0. The average molecular weight is 184 g/mol. The van der Waals surface area contributed by atoms with Crippen molar-refractivity contribution in [1.29, 1.82) is 0 Å². The van der Waals surface area contributed by atoms with Gasteiger partial charge in [-0.1, -0.05) is 49.4 Å². The molecule has 0 fully saturated rings. The van der Waals surface area contributed by atoms with E-state index in [0.717, 1.165) is 16.3 Å². The number of ketones is 1. The van der Waals surface area contributed by atoms with Crippen LogP contribution >= 0.6 is 0 Å². The molecule has 0 aliphatic carbocycles. The van der Waals surface area contributed by atoms with Crippen molar-refractivity contribution in [2.75, 3.05) is 0 Å². The van der Waals surface area contributed by atoms with Crippen molar-refractivity contribution >= 4 is 16.6 Å². The van der Waals surface area contributed by atoms with Gasteiger partial charge >= 0.3 is 0 Å². The zero-order valence-electron chi connectivity index (χ0n) is 8.16. The van der Waals surface area contributed by atoms with Crippen LogP contribution in [0.15, 0.2) is 42.5 Å². The van der Waals surface area contributed by atoms with E-state index in [1.54, 1.807) is 0 Å². The van der Waals surface area contributed by atoms with Gasteiger partial charge in [0.2, 0.25) is 0 Å². The van der Waals surface area contributed by atoms with Gasteiger partial charge in [-0.25, -0.2) is 0 Å². The smallest absolute Gasteiger partial charge is 0.163 e. The lowest BCUT2D eigenvalue weighted by Crippen LogP contribution is -1.96. The van der Waals surface area contributed by atoms with Crippen LogP contribution in [0.3, 0.4) is 0 Å². The molecule has 0 atom stereocenters. The zero-order chi connectivity index (χ0) is 9.97. The Morgan fingerprint density at radius 1 is 1.07 bits per heavy atom. The Bertz CT molecular complexity index is 466. The molecule has 0 saturated carbocycles. The third kappa shape index (κ3) is 1.41. The lowest BCUT2D eigenvalue weighted by molar-refractivity contribution is 0.0990. The number of carbonyl (C=O) groups is 1. The van der Waals surface area contributed by atoms with Crippen LogP contribution in [-0.4, -0.2) is 5.78 Å². The number of hydrogen-bond acceptors (Lipinski definition) is 1. The standard InChI is InChI=1S/C13H12O/c1-2-13(14)12-9-5-7-10-6-3-4-8-11(10)12/h3-9H,2H2,1H3. The molecule has 2 aromatic carbocycles. The van der Waals surface area contributed by atoms with Crippen LogP contribution < -0.4 is 0 Å². The Morgan fingerprint density at radius 3 is 2.57 bits per heavy atom. The summed E-state index contributed by atoms with van der Waals surface area (Å²) in [4.78, 5) is 11.6. The van der Waals surface area contributed by atoms with Crippen LogP contribution in [0.2, 0.25) is 0 Å². The topological polar surface area (TPSA) is 17.1 Å². The maximum absolute atomic E-state index is 11.6. The second-order valence-corrected chi connectivity index (χ2v) is 3.30. The van der Waals surface area contributed by atoms with E-state index in [-0.39, 0.29) is 5.78 Å². The highest BCUT2D eigenvalue weighted by Gasteiger charge is 2.06. The van der Waals surface area contributed by atoms with Crippen molar-refractivity contribution in [3.63, 3.8) is 0 Å². The fourth-order valence-electron chi connectivity index (χ4n) is 1.66. The summed E-state index contributed by atoms with van der Waals surface area (Å²) in [5, 5.41) is 2.19. The second-order valence-electron chi connectivity index (χ2n) is 3.30. The maximum Gasteiger partial charge on any atom is 0.163 e. The Labute approximate surface area is 83.4 Å². The Balaban J connectivity index is 2.71. The molecule has 0 saturated heterocycles. The molecule has 0 amide bonds. The Kier molecular flexibility index (Phi) is 2.32. The minimum absolute atomic E-state index is 0.210. The number of rotatable bonds is 2. The fourth-order valence-corrected chi connectivity index (χ4v) is 1.66. The molecule has 2 rings (SSSR count). The van der Waals surface area contributed by atoms with Gasteiger partial charge in [-0.3, -0.25) is 4.79 Å². The maximum atomic E-state index is 11.6. The van der Waals surface area contributed by atoms with Crippen molar-refractivity contribution < 1.29 is 4.79 Å². The van der Waals surface area contributed by atoms with Gasteiger partial charge in [0.1, 0.15) is 0 Å². The molecule has 0 heterocycles. The van der Waals surface area contributed by atoms with Crippen LogP contribution in [0.4, 0.5) is 0 Å². The van der Waals surface area contributed by atoms with Crippen molar-refractivity contribution in [2.24, 2.45) is 0 Å². The normalized spacial score (nSPS) is 10.4. The number of Topliss-reactive ketones (excluding diaryl/α,β-unsaturated/α-hetero) is 1. The SMILES string of the molecule is CCC(=O)c1cccc2ccccc12. The van der Waals surface area contributed by atoms with Gasteiger partial charge in [-0.05, 0) is 10.8 Å². The summed E-state index contributed by atoms with van der Waals surface area (Å²) in [5.74, 6) is 0.210. The van der Waals surface area contributed by atoms with Gasteiger partial charge in [0.25, 0.3) is 0 Å². The van der Waals surface area contributed by atoms with Gasteiger partial charge in [0, 0.05) is 12.0 Å². The van der Waals surface area contributed by atoms with E-state index >= 15 is 0 Å². The van der Waals surface area contributed by atoms with E-state index < -0.39 is 0 Å². The summed E-state index contributed by atoms with van der Waals surface area (Å²) in [6.07, 6.45) is 0.563. The average Bonchev–Trinajstić information content (AvgIpc) is 2.27. The van der Waals surface area contributed by atoms with Crippen LogP contribution in [0.1, 0.15) is 23.7 Å². The molecule has 1 heteroatoms. The molecule has 1 nitrogen and oxygen atoms in total. The summed E-state index contributed by atoms with van der Waals surface area (Å²) in [5.41, 5.74) is 0.839. The fraction of sp³-hybridized carbons (Fsp3) is 0.154. The number of hydrogen-bond donors (Lipinski definition) is 0. The van der Waals surface area contributed by atoms with Gasteiger partial charge < -0.3 is 0 Å². The quantitative estimate of drug-likeness (QED) is 0.653. The van der Waals surface area contributed by atoms with Gasteiger partial charge in [0.15, 0.2) is 5.78 Å². The van der Waals surface area contributed by atoms with Gasteiger partial charge in [-0.2, -0.15) is 0 Å². The van der Waals surface area contributed by atoms with Crippen molar-refractivity contribution in [1.82, 2.24) is 0 Å². The summed E-state index contributed by atoms with van der Waals surface area (Å²) in [7, 11) is 0. The molecule has 0 radical (unpaired) electrons. The molecule has 0 spiro atoms. The van der Waals surface area contributed by atoms with Crippen molar-refractivity contribution in [2.45, 2.75) is 13.3 Å². The van der Waals surface area contributed by atoms with Crippen LogP contribution in [-0.2, 0) is 0 Å². The van der Waals surface area contributed by atoms with Crippen LogP contribution in [0, 0.1) is 0 Å². The van der Waals surface area contributed by atoms with Gasteiger partial charge in [0.05, 0.1) is 0 Å². The van der Waals surface area contributed by atoms with E-state index in [4.69, 9.17) is 0 Å². The van der Waals surface area contributed by atoms with E-state index in [0.29, 0.717) is 6.42 Å². The summed E-state index contributed by atoms with van der Waals surface area (Å²) in [6, 6.07) is 13.8. The van der Waals surface area contributed by atoms with Gasteiger partial charge in [-0.15, -0.1) is 0 Å². The first-order valence-electron chi connectivity index (χ1n) is 4.84. The van der Waals surface area contributed by atoms with Crippen molar-refractivity contribution in [3.05, 3.63) is 48.0 Å². The molecule has 0 N–H and O–H groups in total. The first-order chi connectivity index (χ1) is 6.83. The van der Waals surface area contributed by atoms with Crippen LogP contribution in [0.25, 0.3) is 10.8 Å². The highest BCUT2D eigenvalue weighted by Crippen LogP contribution is 2.19. The number of benzene rings is 2. The molecule has 2 aromatic rings. The lowest BCUT2D eigenvalue weighted by atomic mass is 10.0. The number of fused-ring (bicyclic) bond motifs is 1. The van der Waals surface area contributed by atoms with E-state index in [1.807, 2.05) is 49.4 Å². The minimum atomic E-state index is 0.210. The zero-order valence-corrected chi connectivity index (χ0v) is 8.16. The van der Waals surface area contributed by atoms with E-state index in [9.17, 15) is 4.79 Å². The third-order valence-corrected chi connectivity index (χ3v) is 2.41. The predicted molar refractivity (Wildman–Crippen MR) is 58.6 cm³/mol. The Hall–Kier alpha value is -1.63. The number of carbonyl (C=O) groups excluding carboxylic acids is 1. The summed E-state index contributed by atoms with van der Waals surface area (Å²) in [6.45, 7) is 1.89. The molecule has 0 bridgehead atoms. The predicted octanol–water partition coefficient (Wildman–Crippen LogP) is 3.43. The molecule has 70 valence electrons.